The molecule has 0 aliphatic carbocycles. The molecule has 0 saturated carbocycles. The first-order valence-corrected chi connectivity index (χ1v) is 6.08. The summed E-state index contributed by atoms with van der Waals surface area (Å²) < 4.78 is 15.5. The highest BCUT2D eigenvalue weighted by Crippen LogP contribution is 2.27. The standard InChI is InChI=1S/C15H13FN2O/c1-10(19)15-12(16)6-4-8-14(15)18-13-7-3-2-5-11(13)9-17-18/h2-10,19H,1H3. The molecule has 4 heteroatoms. The summed E-state index contributed by atoms with van der Waals surface area (Å²) >= 11 is 0. The van der Waals surface area contributed by atoms with E-state index in [1.165, 1.54) is 6.07 Å². The van der Waals surface area contributed by atoms with E-state index in [4.69, 9.17) is 0 Å². The number of halogens is 1. The van der Waals surface area contributed by atoms with Crippen LogP contribution in [0.4, 0.5) is 4.39 Å². The first-order chi connectivity index (χ1) is 9.18. The maximum Gasteiger partial charge on any atom is 0.131 e. The molecule has 0 amide bonds. The van der Waals surface area contributed by atoms with Crippen molar-refractivity contribution in [3.05, 3.63) is 60.0 Å². The van der Waals surface area contributed by atoms with Gasteiger partial charge in [0.05, 0.1) is 23.5 Å². The summed E-state index contributed by atoms with van der Waals surface area (Å²) in [6, 6.07) is 12.4. The molecule has 2 aromatic carbocycles. The fraction of sp³-hybridized carbons (Fsp3) is 0.133. The highest BCUT2D eigenvalue weighted by atomic mass is 19.1. The molecule has 0 aliphatic rings. The number of nitrogens with zero attached hydrogens (tertiary/aromatic N) is 2. The van der Waals surface area contributed by atoms with Crippen molar-refractivity contribution in [2.24, 2.45) is 0 Å². The van der Waals surface area contributed by atoms with E-state index in [0.29, 0.717) is 5.69 Å². The molecule has 1 atom stereocenters. The molecule has 3 aromatic rings. The van der Waals surface area contributed by atoms with Gasteiger partial charge in [-0.3, -0.25) is 0 Å². The zero-order valence-corrected chi connectivity index (χ0v) is 10.4. The molecule has 0 spiro atoms. The Labute approximate surface area is 109 Å². The molecule has 1 aromatic heterocycles. The van der Waals surface area contributed by atoms with Crippen LogP contribution in [0.25, 0.3) is 16.6 Å². The number of fused-ring (bicyclic) bond motifs is 1. The Kier molecular flexibility index (Phi) is 2.80. The van der Waals surface area contributed by atoms with E-state index in [9.17, 15) is 9.50 Å². The fourth-order valence-electron chi connectivity index (χ4n) is 2.29. The van der Waals surface area contributed by atoms with Crippen LogP contribution in [0.15, 0.2) is 48.7 Å². The summed E-state index contributed by atoms with van der Waals surface area (Å²) in [6.07, 6.45) is 0.839. The van der Waals surface area contributed by atoms with E-state index in [-0.39, 0.29) is 5.56 Å². The Bertz CT molecular complexity index is 734. The van der Waals surface area contributed by atoms with Crippen molar-refractivity contribution in [3.63, 3.8) is 0 Å². The number of hydrogen-bond acceptors (Lipinski definition) is 2. The van der Waals surface area contributed by atoms with Crippen molar-refractivity contribution in [2.45, 2.75) is 13.0 Å². The molecule has 0 aliphatic heterocycles. The quantitative estimate of drug-likeness (QED) is 0.764. The van der Waals surface area contributed by atoms with E-state index in [1.54, 1.807) is 29.9 Å². The molecule has 0 radical (unpaired) electrons. The molecule has 1 unspecified atom stereocenters. The molecule has 3 rings (SSSR count). The van der Waals surface area contributed by atoms with E-state index in [2.05, 4.69) is 5.10 Å². The van der Waals surface area contributed by atoms with Gasteiger partial charge in [-0.1, -0.05) is 24.3 Å². The zero-order chi connectivity index (χ0) is 13.4. The van der Waals surface area contributed by atoms with Crippen LogP contribution in [0, 0.1) is 5.82 Å². The molecule has 0 fully saturated rings. The molecule has 0 bridgehead atoms. The Hall–Kier alpha value is -2.20. The molecular weight excluding hydrogens is 243 g/mol. The van der Waals surface area contributed by atoms with E-state index in [0.717, 1.165) is 10.9 Å². The van der Waals surface area contributed by atoms with Gasteiger partial charge < -0.3 is 5.11 Å². The van der Waals surface area contributed by atoms with Crippen molar-refractivity contribution in [1.82, 2.24) is 9.78 Å². The number of aliphatic hydroxyl groups is 1. The van der Waals surface area contributed by atoms with Gasteiger partial charge in [0.15, 0.2) is 0 Å². The Balaban J connectivity index is 2.30. The number of rotatable bonds is 2. The molecule has 3 nitrogen and oxygen atoms in total. The van der Waals surface area contributed by atoms with Gasteiger partial charge >= 0.3 is 0 Å². The lowest BCUT2D eigenvalue weighted by atomic mass is 10.1. The minimum absolute atomic E-state index is 0.261. The molecular formula is C15H13FN2O. The second-order valence-corrected chi connectivity index (χ2v) is 4.46. The summed E-state index contributed by atoms with van der Waals surface area (Å²) in [5.74, 6) is -0.424. The summed E-state index contributed by atoms with van der Waals surface area (Å²) in [6.45, 7) is 1.55. The van der Waals surface area contributed by atoms with Crippen molar-refractivity contribution >= 4 is 10.9 Å². The first-order valence-electron chi connectivity index (χ1n) is 6.08. The average Bonchev–Trinajstić information content (AvgIpc) is 2.81. The van der Waals surface area contributed by atoms with Crippen molar-refractivity contribution in [2.75, 3.05) is 0 Å². The van der Waals surface area contributed by atoms with Crippen molar-refractivity contribution in [1.29, 1.82) is 0 Å². The monoisotopic (exact) mass is 256 g/mol. The number of aromatic nitrogens is 2. The molecule has 19 heavy (non-hydrogen) atoms. The second-order valence-electron chi connectivity index (χ2n) is 4.46. The van der Waals surface area contributed by atoms with Gasteiger partial charge in [-0.2, -0.15) is 5.10 Å². The predicted molar refractivity (Wildman–Crippen MR) is 71.7 cm³/mol. The van der Waals surface area contributed by atoms with Crippen LogP contribution < -0.4 is 0 Å². The fourth-order valence-corrected chi connectivity index (χ4v) is 2.29. The molecule has 96 valence electrons. The van der Waals surface area contributed by atoms with Gasteiger partial charge in [-0.15, -0.1) is 0 Å². The van der Waals surface area contributed by atoms with E-state index < -0.39 is 11.9 Å². The van der Waals surface area contributed by atoms with Crippen LogP contribution in [-0.2, 0) is 0 Å². The summed E-state index contributed by atoms with van der Waals surface area (Å²) in [5.41, 5.74) is 1.71. The van der Waals surface area contributed by atoms with Gasteiger partial charge in [-0.25, -0.2) is 9.07 Å². The third-order valence-corrected chi connectivity index (χ3v) is 3.15. The highest BCUT2D eigenvalue weighted by Gasteiger charge is 2.16. The van der Waals surface area contributed by atoms with Crippen molar-refractivity contribution in [3.8, 4) is 5.69 Å². The lowest BCUT2D eigenvalue weighted by Crippen LogP contribution is -2.06. The highest BCUT2D eigenvalue weighted by molar-refractivity contribution is 5.80. The van der Waals surface area contributed by atoms with E-state index >= 15 is 0 Å². The molecule has 1 heterocycles. The number of aliphatic hydroxyl groups excluding tert-OH is 1. The lowest BCUT2D eigenvalue weighted by Gasteiger charge is -2.13. The van der Waals surface area contributed by atoms with Gasteiger partial charge in [0, 0.05) is 10.9 Å². The molecule has 1 N–H and O–H groups in total. The first kappa shape index (κ1) is 11.9. The third-order valence-electron chi connectivity index (χ3n) is 3.15. The van der Waals surface area contributed by atoms with Crippen LogP contribution in [0.2, 0.25) is 0 Å². The van der Waals surface area contributed by atoms with Crippen LogP contribution in [0.3, 0.4) is 0 Å². The number of benzene rings is 2. The Morgan fingerprint density at radius 3 is 2.74 bits per heavy atom. The van der Waals surface area contributed by atoms with Crippen molar-refractivity contribution < 1.29 is 9.50 Å². The third kappa shape index (κ3) is 1.90. The Morgan fingerprint density at radius 2 is 1.95 bits per heavy atom. The van der Waals surface area contributed by atoms with Crippen LogP contribution >= 0.6 is 0 Å². The van der Waals surface area contributed by atoms with Crippen LogP contribution in [-0.4, -0.2) is 14.9 Å². The van der Waals surface area contributed by atoms with Crippen LogP contribution in [0.1, 0.15) is 18.6 Å². The number of hydrogen-bond donors (Lipinski definition) is 1. The minimum atomic E-state index is -0.890. The topological polar surface area (TPSA) is 38.0 Å². The largest absolute Gasteiger partial charge is 0.389 e. The zero-order valence-electron chi connectivity index (χ0n) is 10.4. The minimum Gasteiger partial charge on any atom is -0.389 e. The van der Waals surface area contributed by atoms with E-state index in [1.807, 2.05) is 24.3 Å². The maximum atomic E-state index is 13.9. The Morgan fingerprint density at radius 1 is 1.16 bits per heavy atom. The second kappa shape index (κ2) is 4.48. The number of para-hydroxylation sites is 1. The van der Waals surface area contributed by atoms with Gasteiger partial charge in [0.1, 0.15) is 5.82 Å². The molecule has 0 saturated heterocycles. The SMILES string of the molecule is CC(O)c1c(F)cccc1-n1ncc2ccccc21. The van der Waals surface area contributed by atoms with Gasteiger partial charge in [0.25, 0.3) is 0 Å². The smallest absolute Gasteiger partial charge is 0.131 e. The lowest BCUT2D eigenvalue weighted by molar-refractivity contribution is 0.194. The summed E-state index contributed by atoms with van der Waals surface area (Å²) in [5, 5.41) is 15.0. The predicted octanol–water partition coefficient (Wildman–Crippen LogP) is 3.22. The van der Waals surface area contributed by atoms with Gasteiger partial charge in [-0.05, 0) is 25.1 Å². The average molecular weight is 256 g/mol. The normalized spacial score (nSPS) is 12.8. The van der Waals surface area contributed by atoms with Gasteiger partial charge in [0.2, 0.25) is 0 Å². The maximum absolute atomic E-state index is 13.9. The summed E-state index contributed by atoms with van der Waals surface area (Å²) in [7, 11) is 0. The summed E-state index contributed by atoms with van der Waals surface area (Å²) in [4.78, 5) is 0. The van der Waals surface area contributed by atoms with Crippen LogP contribution in [0.5, 0.6) is 0 Å².